The predicted molar refractivity (Wildman–Crippen MR) is 104 cm³/mol. The monoisotopic (exact) mass is 437 g/mol. The molecule has 0 saturated heterocycles. The van der Waals surface area contributed by atoms with E-state index in [9.17, 15) is 22.8 Å². The lowest BCUT2D eigenvalue weighted by Crippen LogP contribution is -2.34. The summed E-state index contributed by atoms with van der Waals surface area (Å²) in [5.74, 6) is -2.21. The highest BCUT2D eigenvalue weighted by molar-refractivity contribution is 5.81. The van der Waals surface area contributed by atoms with Crippen LogP contribution in [0, 0.1) is 5.92 Å². The standard InChI is InChI=1S/C19H21N3O2.C2HF3O2/c23-18-6-5-15-7-10-21(19(24)16-3-4-16)11-8-17(15)22(18)13-14-2-1-9-20-12-14;3-2(4,5)1(6)7/h1-2,5-6,9,12,16H,3-4,7-8,10-11,13H2;(H,6,7). The summed E-state index contributed by atoms with van der Waals surface area (Å²) in [6.07, 6.45) is 2.08. The van der Waals surface area contributed by atoms with Crippen molar-refractivity contribution in [1.82, 2.24) is 14.5 Å². The van der Waals surface area contributed by atoms with Gasteiger partial charge in [0.2, 0.25) is 5.91 Å². The Kier molecular flexibility index (Phi) is 6.77. The van der Waals surface area contributed by atoms with Crippen molar-refractivity contribution >= 4 is 11.9 Å². The molecule has 3 heterocycles. The second-order valence-electron chi connectivity index (χ2n) is 7.49. The van der Waals surface area contributed by atoms with Crippen molar-refractivity contribution in [2.24, 2.45) is 5.92 Å². The van der Waals surface area contributed by atoms with Gasteiger partial charge < -0.3 is 14.6 Å². The molecule has 2 aromatic rings. The number of carbonyl (C=O) groups is 2. The number of aromatic nitrogens is 2. The van der Waals surface area contributed by atoms with E-state index >= 15 is 0 Å². The third-order valence-corrected chi connectivity index (χ3v) is 5.20. The Hall–Kier alpha value is -3.17. The first kappa shape index (κ1) is 22.5. The molecule has 1 aliphatic carbocycles. The fourth-order valence-corrected chi connectivity index (χ4v) is 3.45. The molecule has 2 aromatic heterocycles. The molecule has 7 nitrogen and oxygen atoms in total. The highest BCUT2D eigenvalue weighted by Gasteiger charge is 2.38. The van der Waals surface area contributed by atoms with Gasteiger partial charge in [0.25, 0.3) is 5.56 Å². The van der Waals surface area contributed by atoms with Crippen molar-refractivity contribution in [3.05, 3.63) is 63.8 Å². The van der Waals surface area contributed by atoms with Gasteiger partial charge >= 0.3 is 12.1 Å². The van der Waals surface area contributed by atoms with Gasteiger partial charge in [-0.3, -0.25) is 14.6 Å². The van der Waals surface area contributed by atoms with Gasteiger partial charge in [-0.05, 0) is 36.5 Å². The van der Waals surface area contributed by atoms with Crippen LogP contribution in [0.3, 0.4) is 0 Å². The minimum absolute atomic E-state index is 0.0135. The first-order valence-electron chi connectivity index (χ1n) is 9.86. The van der Waals surface area contributed by atoms with Gasteiger partial charge in [-0.2, -0.15) is 13.2 Å². The summed E-state index contributed by atoms with van der Waals surface area (Å²) in [7, 11) is 0. The second-order valence-corrected chi connectivity index (χ2v) is 7.49. The van der Waals surface area contributed by atoms with Crippen LogP contribution in [0.2, 0.25) is 0 Å². The highest BCUT2D eigenvalue weighted by Crippen LogP contribution is 2.31. The maximum Gasteiger partial charge on any atom is 0.490 e. The lowest BCUT2D eigenvalue weighted by Gasteiger charge is -2.20. The fourth-order valence-electron chi connectivity index (χ4n) is 3.45. The molecule has 31 heavy (non-hydrogen) atoms. The van der Waals surface area contributed by atoms with Crippen LogP contribution in [0.5, 0.6) is 0 Å². The van der Waals surface area contributed by atoms with Crippen molar-refractivity contribution in [3.63, 3.8) is 0 Å². The van der Waals surface area contributed by atoms with E-state index in [1.54, 1.807) is 18.5 Å². The zero-order valence-electron chi connectivity index (χ0n) is 16.6. The van der Waals surface area contributed by atoms with E-state index < -0.39 is 12.1 Å². The number of hydrogen-bond acceptors (Lipinski definition) is 4. The number of fused-ring (bicyclic) bond motifs is 1. The minimum atomic E-state index is -5.08. The summed E-state index contributed by atoms with van der Waals surface area (Å²) < 4.78 is 33.6. The van der Waals surface area contributed by atoms with Crippen molar-refractivity contribution < 1.29 is 27.9 Å². The molecule has 0 spiro atoms. The first-order chi connectivity index (χ1) is 14.7. The maximum absolute atomic E-state index is 12.4. The molecule has 4 rings (SSSR count). The van der Waals surface area contributed by atoms with Crippen LogP contribution in [0.25, 0.3) is 0 Å². The van der Waals surface area contributed by atoms with E-state index in [0.717, 1.165) is 43.5 Å². The first-order valence-corrected chi connectivity index (χ1v) is 9.86. The Bertz CT molecular complexity index is 1000. The van der Waals surface area contributed by atoms with E-state index in [1.807, 2.05) is 27.7 Å². The fraction of sp³-hybridized carbons (Fsp3) is 0.429. The second kappa shape index (κ2) is 9.32. The normalized spacial score (nSPS) is 15.9. The number of carboxylic acid groups (broad SMARTS) is 1. The summed E-state index contributed by atoms with van der Waals surface area (Å²) in [5, 5.41) is 7.12. The van der Waals surface area contributed by atoms with Gasteiger partial charge in [-0.15, -0.1) is 0 Å². The van der Waals surface area contributed by atoms with Crippen LogP contribution in [0.4, 0.5) is 13.2 Å². The third-order valence-electron chi connectivity index (χ3n) is 5.20. The Morgan fingerprint density at radius 3 is 2.39 bits per heavy atom. The number of nitrogens with zero attached hydrogens (tertiary/aromatic N) is 3. The quantitative estimate of drug-likeness (QED) is 0.795. The van der Waals surface area contributed by atoms with Crippen LogP contribution >= 0.6 is 0 Å². The van der Waals surface area contributed by atoms with Crippen LogP contribution < -0.4 is 5.56 Å². The molecule has 2 aliphatic rings. The molecule has 0 atom stereocenters. The number of pyridine rings is 2. The molecular weight excluding hydrogens is 415 g/mol. The molecule has 0 unspecified atom stereocenters. The van der Waals surface area contributed by atoms with Crippen molar-refractivity contribution in [3.8, 4) is 0 Å². The molecule has 10 heteroatoms. The van der Waals surface area contributed by atoms with E-state index in [1.165, 1.54) is 5.56 Å². The van der Waals surface area contributed by atoms with Crippen LogP contribution in [-0.4, -0.2) is 50.7 Å². The highest BCUT2D eigenvalue weighted by atomic mass is 19.4. The van der Waals surface area contributed by atoms with Gasteiger partial charge in [-0.1, -0.05) is 12.1 Å². The molecule has 0 aromatic carbocycles. The zero-order chi connectivity index (χ0) is 22.6. The molecule has 1 amide bonds. The molecular formula is C21H22F3N3O4. The smallest absolute Gasteiger partial charge is 0.475 e. The average molecular weight is 437 g/mol. The Morgan fingerprint density at radius 2 is 1.81 bits per heavy atom. The van der Waals surface area contributed by atoms with E-state index in [0.29, 0.717) is 19.0 Å². The number of halogens is 3. The van der Waals surface area contributed by atoms with Gasteiger partial charge in [0, 0.05) is 49.6 Å². The van der Waals surface area contributed by atoms with Gasteiger partial charge in [0.15, 0.2) is 0 Å². The molecule has 166 valence electrons. The topological polar surface area (TPSA) is 92.5 Å². The van der Waals surface area contributed by atoms with Gasteiger partial charge in [0.1, 0.15) is 0 Å². The van der Waals surface area contributed by atoms with Crippen molar-refractivity contribution in [2.75, 3.05) is 13.1 Å². The molecule has 1 saturated carbocycles. The number of aliphatic carboxylic acids is 1. The van der Waals surface area contributed by atoms with E-state index in [2.05, 4.69) is 4.98 Å². The average Bonchev–Trinajstić information content (AvgIpc) is 3.57. The number of hydrogen-bond donors (Lipinski definition) is 1. The third kappa shape index (κ3) is 5.93. The number of carboxylic acids is 1. The molecule has 1 fully saturated rings. The lowest BCUT2D eigenvalue weighted by molar-refractivity contribution is -0.192. The van der Waals surface area contributed by atoms with Gasteiger partial charge in [-0.25, -0.2) is 4.79 Å². The minimum Gasteiger partial charge on any atom is -0.475 e. The van der Waals surface area contributed by atoms with Gasteiger partial charge in [0.05, 0.1) is 6.54 Å². The summed E-state index contributed by atoms with van der Waals surface area (Å²) in [5.41, 5.74) is 3.28. The molecule has 1 N–H and O–H groups in total. The Labute approximate surface area is 176 Å². The number of amides is 1. The van der Waals surface area contributed by atoms with Crippen molar-refractivity contribution in [1.29, 1.82) is 0 Å². The zero-order valence-corrected chi connectivity index (χ0v) is 16.6. The summed E-state index contributed by atoms with van der Waals surface area (Å²) in [6, 6.07) is 7.45. The van der Waals surface area contributed by atoms with Crippen molar-refractivity contribution in [2.45, 2.75) is 38.4 Å². The SMILES string of the molecule is O=C(C1CC1)N1CCc2ccc(=O)n(Cc3cccnc3)c2CC1.O=C(O)C(F)(F)F. The number of carbonyl (C=O) groups excluding carboxylic acids is 1. The Morgan fingerprint density at radius 1 is 1.13 bits per heavy atom. The summed E-state index contributed by atoms with van der Waals surface area (Å²) in [4.78, 5) is 39.8. The maximum atomic E-state index is 12.4. The summed E-state index contributed by atoms with van der Waals surface area (Å²) in [6.45, 7) is 2.00. The Balaban J connectivity index is 0.000000339. The lowest BCUT2D eigenvalue weighted by atomic mass is 10.1. The van der Waals surface area contributed by atoms with E-state index in [4.69, 9.17) is 9.90 Å². The predicted octanol–water partition coefficient (Wildman–Crippen LogP) is 2.26. The van der Waals surface area contributed by atoms with Crippen LogP contribution in [0.15, 0.2) is 41.5 Å². The summed E-state index contributed by atoms with van der Waals surface area (Å²) >= 11 is 0. The number of rotatable bonds is 3. The largest absolute Gasteiger partial charge is 0.490 e. The molecule has 0 bridgehead atoms. The molecule has 1 aliphatic heterocycles. The molecule has 0 radical (unpaired) electrons. The van der Waals surface area contributed by atoms with Crippen LogP contribution in [0.1, 0.15) is 29.7 Å². The number of alkyl halides is 3. The van der Waals surface area contributed by atoms with E-state index in [-0.39, 0.29) is 11.5 Å². The van der Waals surface area contributed by atoms with Crippen LogP contribution in [-0.2, 0) is 29.0 Å².